The first-order valence-electron chi connectivity index (χ1n) is 4.78. The minimum absolute atomic E-state index is 0.109. The second-order valence-corrected chi connectivity index (χ2v) is 3.41. The number of rotatable bonds is 4. The van der Waals surface area contributed by atoms with Crippen molar-refractivity contribution >= 4 is 11.7 Å². The van der Waals surface area contributed by atoms with E-state index in [1.54, 1.807) is 30.9 Å². The molecule has 1 rings (SSSR count). The quantitative estimate of drug-likeness (QED) is 0.276. The monoisotopic (exact) mass is 225 g/mol. The summed E-state index contributed by atoms with van der Waals surface area (Å²) in [5.74, 6) is -1.06. The summed E-state index contributed by atoms with van der Waals surface area (Å²) in [6.45, 7) is 1.92. The third-order valence-electron chi connectivity index (χ3n) is 2.32. The van der Waals surface area contributed by atoms with Crippen LogP contribution in [0.25, 0.3) is 0 Å². The van der Waals surface area contributed by atoms with E-state index in [1.807, 2.05) is 0 Å². The van der Waals surface area contributed by atoms with Crippen LogP contribution in [0.2, 0.25) is 0 Å². The second kappa shape index (κ2) is 5.15. The Morgan fingerprint density at radius 3 is 3.00 bits per heavy atom. The number of carbonyl (C=O) groups is 1. The van der Waals surface area contributed by atoms with E-state index in [0.29, 0.717) is 6.54 Å². The Bertz CT molecular complexity index is 398. The summed E-state index contributed by atoms with van der Waals surface area (Å²) >= 11 is 0. The SMILES string of the molecule is CC(C(=O)NCc1ccnn1C)C(N)=NO. The number of nitrogens with zero attached hydrogens (tertiary/aromatic N) is 3. The average Bonchev–Trinajstić information content (AvgIpc) is 2.69. The second-order valence-electron chi connectivity index (χ2n) is 3.41. The molecule has 1 unspecified atom stereocenters. The topological polar surface area (TPSA) is 106 Å². The molecule has 7 nitrogen and oxygen atoms in total. The molecule has 0 aliphatic carbocycles. The normalized spacial score (nSPS) is 13.5. The van der Waals surface area contributed by atoms with E-state index in [0.717, 1.165) is 5.69 Å². The Balaban J connectivity index is 2.51. The molecule has 1 aromatic heterocycles. The fourth-order valence-electron chi connectivity index (χ4n) is 1.13. The summed E-state index contributed by atoms with van der Waals surface area (Å²) in [6.07, 6.45) is 1.65. The maximum Gasteiger partial charge on any atom is 0.230 e. The third-order valence-corrected chi connectivity index (χ3v) is 2.32. The number of hydrogen-bond acceptors (Lipinski definition) is 4. The first kappa shape index (κ1) is 12.0. The van der Waals surface area contributed by atoms with Gasteiger partial charge in [-0.3, -0.25) is 9.48 Å². The predicted octanol–water partition coefficient (Wildman–Crippen LogP) is -0.581. The molecule has 0 saturated heterocycles. The number of aromatic nitrogens is 2. The van der Waals surface area contributed by atoms with Gasteiger partial charge in [-0.05, 0) is 13.0 Å². The van der Waals surface area contributed by atoms with Crippen LogP contribution in [0.5, 0.6) is 0 Å². The number of amidine groups is 1. The van der Waals surface area contributed by atoms with Crippen LogP contribution in [-0.4, -0.2) is 26.7 Å². The highest BCUT2D eigenvalue weighted by Gasteiger charge is 2.17. The standard InChI is InChI=1S/C9H15N5O2/c1-6(8(10)13-16)9(15)11-5-7-3-4-12-14(7)2/h3-4,6,16H,5H2,1-2H3,(H2,10,13)(H,11,15). The van der Waals surface area contributed by atoms with Gasteiger partial charge in [0.2, 0.25) is 5.91 Å². The van der Waals surface area contributed by atoms with Crippen molar-refractivity contribution in [3.63, 3.8) is 0 Å². The number of amides is 1. The summed E-state index contributed by atoms with van der Waals surface area (Å²) in [5, 5.41) is 17.8. The van der Waals surface area contributed by atoms with Gasteiger partial charge in [0.15, 0.2) is 5.84 Å². The van der Waals surface area contributed by atoms with Gasteiger partial charge in [0.05, 0.1) is 18.2 Å². The van der Waals surface area contributed by atoms with Crippen LogP contribution in [-0.2, 0) is 18.4 Å². The molecule has 88 valence electrons. The number of aryl methyl sites for hydroxylation is 1. The third kappa shape index (κ3) is 2.72. The minimum Gasteiger partial charge on any atom is -0.409 e. The lowest BCUT2D eigenvalue weighted by Gasteiger charge is -2.10. The van der Waals surface area contributed by atoms with Crippen molar-refractivity contribution in [2.24, 2.45) is 23.9 Å². The molecule has 0 aromatic carbocycles. The minimum atomic E-state index is -0.654. The van der Waals surface area contributed by atoms with E-state index in [-0.39, 0.29) is 11.7 Å². The van der Waals surface area contributed by atoms with Crippen LogP contribution < -0.4 is 11.1 Å². The lowest BCUT2D eigenvalue weighted by Crippen LogP contribution is -2.37. The largest absolute Gasteiger partial charge is 0.409 e. The van der Waals surface area contributed by atoms with Crippen LogP contribution in [0.3, 0.4) is 0 Å². The number of hydrogen-bond donors (Lipinski definition) is 3. The molecule has 0 fully saturated rings. The van der Waals surface area contributed by atoms with Gasteiger partial charge in [-0.15, -0.1) is 0 Å². The van der Waals surface area contributed by atoms with Crippen molar-refractivity contribution in [3.05, 3.63) is 18.0 Å². The zero-order chi connectivity index (χ0) is 12.1. The molecule has 1 amide bonds. The molecule has 1 atom stereocenters. The smallest absolute Gasteiger partial charge is 0.230 e. The molecule has 0 saturated carbocycles. The Morgan fingerprint density at radius 2 is 2.50 bits per heavy atom. The van der Waals surface area contributed by atoms with Crippen LogP contribution >= 0.6 is 0 Å². The molecule has 16 heavy (non-hydrogen) atoms. The molecule has 0 bridgehead atoms. The van der Waals surface area contributed by atoms with Gasteiger partial charge >= 0.3 is 0 Å². The van der Waals surface area contributed by atoms with Gasteiger partial charge in [-0.1, -0.05) is 5.16 Å². The summed E-state index contributed by atoms with van der Waals surface area (Å²) in [7, 11) is 1.79. The molecular weight excluding hydrogens is 210 g/mol. The number of nitrogens with two attached hydrogens (primary N) is 1. The van der Waals surface area contributed by atoms with Crippen LogP contribution in [0.15, 0.2) is 17.4 Å². The summed E-state index contributed by atoms with van der Waals surface area (Å²) in [5.41, 5.74) is 6.19. The Kier molecular flexibility index (Phi) is 3.87. The van der Waals surface area contributed by atoms with E-state index in [1.165, 1.54) is 0 Å². The highest BCUT2D eigenvalue weighted by Crippen LogP contribution is 1.98. The maximum atomic E-state index is 11.5. The average molecular weight is 225 g/mol. The van der Waals surface area contributed by atoms with Gasteiger partial charge in [0.1, 0.15) is 0 Å². The van der Waals surface area contributed by atoms with E-state index < -0.39 is 5.92 Å². The van der Waals surface area contributed by atoms with Crippen molar-refractivity contribution < 1.29 is 10.0 Å². The van der Waals surface area contributed by atoms with Gasteiger partial charge in [-0.25, -0.2) is 0 Å². The van der Waals surface area contributed by atoms with Gasteiger partial charge in [0.25, 0.3) is 0 Å². The van der Waals surface area contributed by atoms with E-state index in [9.17, 15) is 4.79 Å². The van der Waals surface area contributed by atoms with E-state index >= 15 is 0 Å². The highest BCUT2D eigenvalue weighted by molar-refractivity contribution is 6.01. The van der Waals surface area contributed by atoms with Crippen molar-refractivity contribution in [2.45, 2.75) is 13.5 Å². The molecule has 4 N–H and O–H groups in total. The van der Waals surface area contributed by atoms with Gasteiger partial charge in [-0.2, -0.15) is 5.10 Å². The molecule has 1 aromatic rings. The summed E-state index contributed by atoms with van der Waals surface area (Å²) in [4.78, 5) is 11.5. The molecule has 0 aliphatic heterocycles. The Labute approximate surface area is 92.9 Å². The number of oxime groups is 1. The van der Waals surface area contributed by atoms with E-state index in [4.69, 9.17) is 10.9 Å². The lowest BCUT2D eigenvalue weighted by atomic mass is 10.1. The molecule has 1 heterocycles. The first-order valence-corrected chi connectivity index (χ1v) is 4.78. The van der Waals surface area contributed by atoms with Gasteiger partial charge < -0.3 is 16.3 Å². The van der Waals surface area contributed by atoms with Crippen molar-refractivity contribution in [3.8, 4) is 0 Å². The zero-order valence-electron chi connectivity index (χ0n) is 9.21. The molecule has 0 aliphatic rings. The molecule has 7 heteroatoms. The van der Waals surface area contributed by atoms with Crippen molar-refractivity contribution in [1.82, 2.24) is 15.1 Å². The highest BCUT2D eigenvalue weighted by atomic mass is 16.4. The lowest BCUT2D eigenvalue weighted by molar-refractivity contribution is -0.122. The fourth-order valence-corrected chi connectivity index (χ4v) is 1.13. The first-order chi connectivity index (χ1) is 7.56. The molecule has 0 spiro atoms. The summed E-state index contributed by atoms with van der Waals surface area (Å²) in [6, 6.07) is 1.80. The van der Waals surface area contributed by atoms with Crippen molar-refractivity contribution in [1.29, 1.82) is 0 Å². The predicted molar refractivity (Wildman–Crippen MR) is 57.6 cm³/mol. The molecule has 0 radical (unpaired) electrons. The molecular formula is C9H15N5O2. The number of carbonyl (C=O) groups excluding carboxylic acids is 1. The van der Waals surface area contributed by atoms with Crippen LogP contribution in [0.4, 0.5) is 0 Å². The zero-order valence-corrected chi connectivity index (χ0v) is 9.21. The van der Waals surface area contributed by atoms with Crippen LogP contribution in [0.1, 0.15) is 12.6 Å². The Morgan fingerprint density at radius 1 is 1.81 bits per heavy atom. The van der Waals surface area contributed by atoms with E-state index in [2.05, 4.69) is 15.6 Å². The Hall–Kier alpha value is -2.05. The van der Waals surface area contributed by atoms with Gasteiger partial charge in [0, 0.05) is 13.2 Å². The van der Waals surface area contributed by atoms with Crippen LogP contribution in [0, 0.1) is 5.92 Å². The number of nitrogens with one attached hydrogen (secondary N) is 1. The summed E-state index contributed by atoms with van der Waals surface area (Å²) < 4.78 is 1.66. The fraction of sp³-hybridized carbons (Fsp3) is 0.444. The maximum absolute atomic E-state index is 11.5. The van der Waals surface area contributed by atoms with Crippen molar-refractivity contribution in [2.75, 3.05) is 0 Å².